The van der Waals surface area contributed by atoms with Crippen LogP contribution >= 0.6 is 0 Å². The van der Waals surface area contributed by atoms with Crippen LogP contribution in [-0.4, -0.2) is 21.0 Å². The molecule has 1 heterocycles. The molecule has 1 N–H and O–H groups in total. The first-order valence-corrected chi connectivity index (χ1v) is 7.94. The molecule has 0 radical (unpaired) electrons. The van der Waals surface area contributed by atoms with Crippen LogP contribution in [0.3, 0.4) is 0 Å². The van der Waals surface area contributed by atoms with E-state index in [1.165, 1.54) is 31.4 Å². The van der Waals surface area contributed by atoms with Crippen molar-refractivity contribution < 1.29 is 5.11 Å². The Morgan fingerprint density at radius 2 is 2.21 bits per heavy atom. The molecule has 3 nitrogen and oxygen atoms in total. The summed E-state index contributed by atoms with van der Waals surface area (Å²) in [6, 6.07) is 2.18. The minimum atomic E-state index is -0.165. The fourth-order valence-electron chi connectivity index (χ4n) is 4.26. The monoisotopic (exact) mass is 262 g/mol. The van der Waals surface area contributed by atoms with Crippen LogP contribution in [0.2, 0.25) is 0 Å². The van der Waals surface area contributed by atoms with E-state index in [4.69, 9.17) is 0 Å². The predicted molar refractivity (Wildman–Crippen MR) is 75.9 cm³/mol. The molecule has 1 aromatic heterocycles. The molecule has 0 aliphatic heterocycles. The van der Waals surface area contributed by atoms with Crippen molar-refractivity contribution in [1.82, 2.24) is 9.78 Å². The number of aliphatic hydroxyl groups excluding tert-OH is 1. The van der Waals surface area contributed by atoms with E-state index < -0.39 is 0 Å². The van der Waals surface area contributed by atoms with Crippen LogP contribution in [-0.2, 0) is 19.4 Å². The van der Waals surface area contributed by atoms with Crippen LogP contribution in [0.5, 0.6) is 0 Å². The van der Waals surface area contributed by atoms with Gasteiger partial charge in [0, 0.05) is 18.7 Å². The molecule has 0 amide bonds. The van der Waals surface area contributed by atoms with Crippen LogP contribution < -0.4 is 0 Å². The van der Waals surface area contributed by atoms with Gasteiger partial charge < -0.3 is 5.11 Å². The van der Waals surface area contributed by atoms with Crippen molar-refractivity contribution in [2.75, 3.05) is 0 Å². The van der Waals surface area contributed by atoms with Crippen LogP contribution in [0.15, 0.2) is 6.07 Å². The van der Waals surface area contributed by atoms with Gasteiger partial charge in [-0.1, -0.05) is 13.3 Å². The van der Waals surface area contributed by atoms with E-state index in [9.17, 15) is 5.11 Å². The Hall–Kier alpha value is -0.830. The Bertz CT molecular complexity index is 440. The molecular formula is C16H26N2O. The van der Waals surface area contributed by atoms with Gasteiger partial charge in [-0.3, -0.25) is 4.68 Å². The van der Waals surface area contributed by atoms with E-state index in [1.54, 1.807) is 0 Å². The van der Waals surface area contributed by atoms with E-state index in [1.807, 2.05) is 0 Å². The molecule has 0 saturated heterocycles. The second-order valence-electron chi connectivity index (χ2n) is 6.41. The quantitative estimate of drug-likeness (QED) is 0.886. The molecule has 2 aliphatic rings. The van der Waals surface area contributed by atoms with Crippen LogP contribution in [0, 0.1) is 17.8 Å². The van der Waals surface area contributed by atoms with Crippen molar-refractivity contribution in [2.24, 2.45) is 17.8 Å². The summed E-state index contributed by atoms with van der Waals surface area (Å²) in [6.45, 7) is 5.16. The Morgan fingerprint density at radius 1 is 1.37 bits per heavy atom. The van der Waals surface area contributed by atoms with Gasteiger partial charge >= 0.3 is 0 Å². The molecule has 2 aliphatic carbocycles. The third-order valence-electron chi connectivity index (χ3n) is 5.28. The highest BCUT2D eigenvalue weighted by molar-refractivity contribution is 5.12. The number of hydrogen-bond donors (Lipinski definition) is 1. The van der Waals surface area contributed by atoms with Crippen LogP contribution in [0.25, 0.3) is 0 Å². The SMILES string of the molecule is CCc1cc(CC(O)C2CC3CCC2C3)n(CC)n1. The average molecular weight is 262 g/mol. The Morgan fingerprint density at radius 3 is 2.79 bits per heavy atom. The lowest BCUT2D eigenvalue weighted by Crippen LogP contribution is -2.28. The second kappa shape index (κ2) is 5.28. The number of aromatic nitrogens is 2. The van der Waals surface area contributed by atoms with Crippen LogP contribution in [0.4, 0.5) is 0 Å². The number of rotatable bonds is 5. The van der Waals surface area contributed by atoms with Crippen molar-refractivity contribution >= 4 is 0 Å². The Kier molecular flexibility index (Phi) is 3.66. The average Bonchev–Trinajstić information content (AvgIpc) is 3.12. The van der Waals surface area contributed by atoms with Gasteiger partial charge in [0.2, 0.25) is 0 Å². The third-order valence-corrected chi connectivity index (χ3v) is 5.28. The van der Waals surface area contributed by atoms with Gasteiger partial charge in [0.15, 0.2) is 0 Å². The second-order valence-corrected chi connectivity index (χ2v) is 6.41. The van der Waals surface area contributed by atoms with Crippen molar-refractivity contribution in [3.05, 3.63) is 17.5 Å². The lowest BCUT2D eigenvalue weighted by atomic mass is 9.83. The zero-order valence-electron chi connectivity index (χ0n) is 12.2. The maximum atomic E-state index is 10.6. The van der Waals surface area contributed by atoms with E-state index >= 15 is 0 Å². The first-order chi connectivity index (χ1) is 9.21. The summed E-state index contributed by atoms with van der Waals surface area (Å²) < 4.78 is 2.06. The fraction of sp³-hybridized carbons (Fsp3) is 0.812. The zero-order chi connectivity index (χ0) is 13.4. The molecule has 4 unspecified atom stereocenters. The number of aryl methyl sites for hydroxylation is 2. The van der Waals surface area contributed by atoms with Gasteiger partial charge in [0.05, 0.1) is 11.8 Å². The first-order valence-electron chi connectivity index (χ1n) is 7.94. The number of fused-ring (bicyclic) bond motifs is 2. The standard InChI is InChI=1S/C16H26N2O/c1-3-13-9-14(18(4-2)17-13)10-16(19)15-8-11-5-6-12(15)7-11/h9,11-12,15-16,19H,3-8,10H2,1-2H3. The topological polar surface area (TPSA) is 38.0 Å². The largest absolute Gasteiger partial charge is 0.392 e. The van der Waals surface area contributed by atoms with E-state index in [2.05, 4.69) is 29.7 Å². The highest BCUT2D eigenvalue weighted by Crippen LogP contribution is 2.49. The van der Waals surface area contributed by atoms with Gasteiger partial charge in [-0.05, 0) is 56.4 Å². The normalized spacial score (nSPS) is 31.0. The van der Waals surface area contributed by atoms with Crippen molar-refractivity contribution in [2.45, 2.75) is 65.0 Å². The third kappa shape index (κ3) is 2.45. The van der Waals surface area contributed by atoms with Gasteiger partial charge in [-0.25, -0.2) is 0 Å². The lowest BCUT2D eigenvalue weighted by molar-refractivity contribution is 0.0733. The van der Waals surface area contributed by atoms with E-state index in [-0.39, 0.29) is 6.10 Å². The summed E-state index contributed by atoms with van der Waals surface area (Å²) in [5.74, 6) is 2.25. The molecule has 3 heteroatoms. The molecular weight excluding hydrogens is 236 g/mol. The maximum Gasteiger partial charge on any atom is 0.0626 e. The summed E-state index contributed by atoms with van der Waals surface area (Å²) in [4.78, 5) is 0. The molecule has 3 rings (SSSR count). The van der Waals surface area contributed by atoms with Crippen molar-refractivity contribution in [3.8, 4) is 0 Å². The molecule has 106 valence electrons. The van der Waals surface area contributed by atoms with E-state index in [0.717, 1.165) is 36.9 Å². The van der Waals surface area contributed by atoms with Gasteiger partial charge in [-0.15, -0.1) is 0 Å². The fourth-order valence-corrected chi connectivity index (χ4v) is 4.26. The summed E-state index contributed by atoms with van der Waals surface area (Å²) >= 11 is 0. The number of nitrogens with zero attached hydrogens (tertiary/aromatic N) is 2. The molecule has 0 spiro atoms. The Labute approximate surface area is 116 Å². The lowest BCUT2D eigenvalue weighted by Gasteiger charge is -2.26. The smallest absolute Gasteiger partial charge is 0.0626 e. The molecule has 2 fully saturated rings. The van der Waals surface area contributed by atoms with E-state index in [0.29, 0.717) is 5.92 Å². The van der Waals surface area contributed by atoms with Crippen molar-refractivity contribution in [1.29, 1.82) is 0 Å². The molecule has 2 saturated carbocycles. The maximum absolute atomic E-state index is 10.6. The minimum absolute atomic E-state index is 0.165. The molecule has 0 aromatic carbocycles. The number of aliphatic hydroxyl groups is 1. The van der Waals surface area contributed by atoms with Gasteiger partial charge in [0.25, 0.3) is 0 Å². The molecule has 4 atom stereocenters. The van der Waals surface area contributed by atoms with Gasteiger partial charge in [-0.2, -0.15) is 5.10 Å². The van der Waals surface area contributed by atoms with Crippen LogP contribution in [0.1, 0.15) is 50.9 Å². The predicted octanol–water partition coefficient (Wildman–Crippen LogP) is 2.81. The summed E-state index contributed by atoms with van der Waals surface area (Å²) in [6.07, 6.45) is 6.98. The molecule has 19 heavy (non-hydrogen) atoms. The highest BCUT2D eigenvalue weighted by Gasteiger charge is 2.42. The van der Waals surface area contributed by atoms with Gasteiger partial charge in [0.1, 0.15) is 0 Å². The highest BCUT2D eigenvalue weighted by atomic mass is 16.3. The van der Waals surface area contributed by atoms with Crippen molar-refractivity contribution in [3.63, 3.8) is 0 Å². The Balaban J connectivity index is 1.69. The summed E-state index contributed by atoms with van der Waals surface area (Å²) in [7, 11) is 0. The summed E-state index contributed by atoms with van der Waals surface area (Å²) in [5.41, 5.74) is 2.37. The first kappa shape index (κ1) is 13.2. The summed E-state index contributed by atoms with van der Waals surface area (Å²) in [5, 5.41) is 15.2. The minimum Gasteiger partial charge on any atom is -0.392 e. The number of hydrogen-bond acceptors (Lipinski definition) is 2. The zero-order valence-corrected chi connectivity index (χ0v) is 12.2. The molecule has 1 aromatic rings. The molecule has 2 bridgehead atoms.